The predicted molar refractivity (Wildman–Crippen MR) is 72.1 cm³/mol. The van der Waals surface area contributed by atoms with Crippen LogP contribution in [0.15, 0.2) is 0 Å². The molecule has 0 spiro atoms. The van der Waals surface area contributed by atoms with E-state index >= 15 is 0 Å². The fourth-order valence-corrected chi connectivity index (χ4v) is 1.77. The molecule has 0 unspecified atom stereocenters. The molecular weight excluding hydrogens is 246 g/mol. The van der Waals surface area contributed by atoms with Crippen LogP contribution in [0, 0.1) is 15.5 Å². The summed E-state index contributed by atoms with van der Waals surface area (Å²) in [6.45, 7) is 9.12. The van der Waals surface area contributed by atoms with Crippen LogP contribution in [-0.4, -0.2) is 20.5 Å². The molecule has 0 amide bonds. The standard InChI is InChI=1S/C13H21N3O3/c1-8(2)11-12(16(18)19)9(15(6)14-11)7-10(17)13(3,4)5/h8H,7H2,1-6H3. The Balaban J connectivity index is 3.28. The van der Waals surface area contributed by atoms with Gasteiger partial charge in [0.25, 0.3) is 0 Å². The summed E-state index contributed by atoms with van der Waals surface area (Å²) in [5, 5.41) is 15.4. The second-order valence-electron chi connectivity index (χ2n) is 6.07. The van der Waals surface area contributed by atoms with E-state index in [9.17, 15) is 14.9 Å². The van der Waals surface area contributed by atoms with E-state index in [0.717, 1.165) is 0 Å². The Morgan fingerprint density at radius 2 is 1.95 bits per heavy atom. The third kappa shape index (κ3) is 3.19. The summed E-state index contributed by atoms with van der Waals surface area (Å²) in [6, 6.07) is 0. The summed E-state index contributed by atoms with van der Waals surface area (Å²) in [5.41, 5.74) is 0.281. The highest BCUT2D eigenvalue weighted by atomic mass is 16.6. The van der Waals surface area contributed by atoms with Crippen molar-refractivity contribution in [2.75, 3.05) is 0 Å². The summed E-state index contributed by atoms with van der Waals surface area (Å²) in [4.78, 5) is 22.9. The highest BCUT2D eigenvalue weighted by molar-refractivity contribution is 5.86. The number of carbonyl (C=O) groups is 1. The van der Waals surface area contributed by atoms with Crippen molar-refractivity contribution in [3.8, 4) is 0 Å². The molecule has 0 aromatic carbocycles. The minimum atomic E-state index is -0.518. The highest BCUT2D eigenvalue weighted by Gasteiger charge is 2.32. The Kier molecular flexibility index (Phi) is 4.12. The topological polar surface area (TPSA) is 78.0 Å². The number of aromatic nitrogens is 2. The van der Waals surface area contributed by atoms with Crippen LogP contribution >= 0.6 is 0 Å². The average molecular weight is 267 g/mol. The lowest BCUT2D eigenvalue weighted by atomic mass is 9.88. The maximum Gasteiger partial charge on any atom is 0.314 e. The van der Waals surface area contributed by atoms with E-state index in [-0.39, 0.29) is 23.8 Å². The number of carbonyl (C=O) groups excluding carboxylic acids is 1. The van der Waals surface area contributed by atoms with Gasteiger partial charge in [-0.05, 0) is 0 Å². The Morgan fingerprint density at radius 3 is 2.32 bits per heavy atom. The molecule has 1 aromatic rings. The first-order valence-corrected chi connectivity index (χ1v) is 6.29. The zero-order valence-electron chi connectivity index (χ0n) is 12.4. The van der Waals surface area contributed by atoms with Gasteiger partial charge in [-0.15, -0.1) is 0 Å². The molecule has 0 radical (unpaired) electrons. The Labute approximate surface area is 113 Å². The Bertz CT molecular complexity index is 510. The van der Waals surface area contributed by atoms with E-state index in [1.807, 2.05) is 13.8 Å². The largest absolute Gasteiger partial charge is 0.314 e. The van der Waals surface area contributed by atoms with Crippen molar-refractivity contribution in [1.29, 1.82) is 0 Å². The molecule has 0 N–H and O–H groups in total. The molecule has 0 aliphatic heterocycles. The van der Waals surface area contributed by atoms with Crippen LogP contribution in [0.5, 0.6) is 0 Å². The molecule has 1 aromatic heterocycles. The van der Waals surface area contributed by atoms with Crippen LogP contribution in [0.25, 0.3) is 0 Å². The molecule has 1 rings (SSSR count). The van der Waals surface area contributed by atoms with Crippen molar-refractivity contribution in [3.05, 3.63) is 21.5 Å². The van der Waals surface area contributed by atoms with Gasteiger partial charge in [-0.2, -0.15) is 5.10 Å². The number of rotatable bonds is 4. The van der Waals surface area contributed by atoms with Gasteiger partial charge in [0.05, 0.1) is 11.3 Å². The van der Waals surface area contributed by atoms with Gasteiger partial charge in [-0.1, -0.05) is 34.6 Å². The fraction of sp³-hybridized carbons (Fsp3) is 0.692. The molecule has 0 bridgehead atoms. The van der Waals surface area contributed by atoms with Gasteiger partial charge in [0, 0.05) is 18.4 Å². The zero-order valence-corrected chi connectivity index (χ0v) is 12.4. The number of Topliss-reactive ketones (excluding diaryl/α,β-unsaturated/α-hetero) is 1. The first-order chi connectivity index (χ1) is 8.55. The maximum atomic E-state index is 12.1. The number of nitrogens with zero attached hydrogens (tertiary/aromatic N) is 3. The summed E-state index contributed by atoms with van der Waals surface area (Å²) in [5.74, 6) is -0.0843. The molecule has 0 aliphatic carbocycles. The van der Waals surface area contributed by atoms with Crippen molar-refractivity contribution in [2.24, 2.45) is 12.5 Å². The van der Waals surface area contributed by atoms with Gasteiger partial charge >= 0.3 is 5.69 Å². The fourth-order valence-electron chi connectivity index (χ4n) is 1.77. The van der Waals surface area contributed by atoms with E-state index in [1.165, 1.54) is 4.68 Å². The second-order valence-corrected chi connectivity index (χ2v) is 6.07. The van der Waals surface area contributed by atoms with E-state index in [1.54, 1.807) is 27.8 Å². The van der Waals surface area contributed by atoms with Crippen LogP contribution in [-0.2, 0) is 18.3 Å². The maximum absolute atomic E-state index is 12.1. The molecule has 0 saturated heterocycles. The van der Waals surface area contributed by atoms with Gasteiger partial charge in [-0.25, -0.2) is 0 Å². The third-order valence-corrected chi connectivity index (χ3v) is 3.06. The number of hydrogen-bond donors (Lipinski definition) is 0. The van der Waals surface area contributed by atoms with Crippen LogP contribution in [0.1, 0.15) is 51.9 Å². The Hall–Kier alpha value is -1.72. The third-order valence-electron chi connectivity index (χ3n) is 3.06. The number of aryl methyl sites for hydroxylation is 1. The molecular formula is C13H21N3O3. The molecule has 6 heteroatoms. The van der Waals surface area contributed by atoms with Crippen molar-refractivity contribution < 1.29 is 9.72 Å². The summed E-state index contributed by atoms with van der Waals surface area (Å²) < 4.78 is 1.46. The van der Waals surface area contributed by atoms with Gasteiger partial charge in [0.1, 0.15) is 17.2 Å². The lowest BCUT2D eigenvalue weighted by Crippen LogP contribution is -2.23. The molecule has 6 nitrogen and oxygen atoms in total. The van der Waals surface area contributed by atoms with E-state index in [0.29, 0.717) is 11.4 Å². The number of hydrogen-bond acceptors (Lipinski definition) is 4. The van der Waals surface area contributed by atoms with Crippen molar-refractivity contribution >= 4 is 11.5 Å². The number of nitro groups is 1. The summed E-state index contributed by atoms with van der Waals surface area (Å²) >= 11 is 0. The van der Waals surface area contributed by atoms with Crippen LogP contribution < -0.4 is 0 Å². The molecule has 0 fully saturated rings. The Morgan fingerprint density at radius 1 is 1.42 bits per heavy atom. The van der Waals surface area contributed by atoms with Crippen molar-refractivity contribution in [1.82, 2.24) is 9.78 Å². The first kappa shape index (κ1) is 15.3. The number of ketones is 1. The average Bonchev–Trinajstić information content (AvgIpc) is 2.55. The zero-order chi connectivity index (χ0) is 15.0. The molecule has 106 valence electrons. The molecule has 1 heterocycles. The van der Waals surface area contributed by atoms with E-state index < -0.39 is 10.3 Å². The molecule has 19 heavy (non-hydrogen) atoms. The molecule has 0 aliphatic rings. The van der Waals surface area contributed by atoms with Gasteiger partial charge in [0.15, 0.2) is 0 Å². The minimum absolute atomic E-state index is 0.0184. The molecule has 0 saturated carbocycles. The smallest absolute Gasteiger partial charge is 0.299 e. The lowest BCUT2D eigenvalue weighted by Gasteiger charge is -2.16. The first-order valence-electron chi connectivity index (χ1n) is 6.29. The monoisotopic (exact) mass is 267 g/mol. The molecule has 0 atom stereocenters. The van der Waals surface area contributed by atoms with E-state index in [4.69, 9.17) is 0 Å². The van der Waals surface area contributed by atoms with Crippen molar-refractivity contribution in [2.45, 2.75) is 47.0 Å². The predicted octanol–water partition coefficient (Wildman–Crippen LogP) is 2.61. The van der Waals surface area contributed by atoms with Crippen LogP contribution in [0.2, 0.25) is 0 Å². The lowest BCUT2D eigenvalue weighted by molar-refractivity contribution is -0.386. The summed E-state index contributed by atoms with van der Waals surface area (Å²) in [6.07, 6.45) is 0.0377. The van der Waals surface area contributed by atoms with Crippen LogP contribution in [0.3, 0.4) is 0 Å². The van der Waals surface area contributed by atoms with E-state index in [2.05, 4.69) is 5.10 Å². The summed E-state index contributed by atoms with van der Waals surface area (Å²) in [7, 11) is 1.64. The second kappa shape index (κ2) is 5.11. The SMILES string of the molecule is CC(C)c1nn(C)c(CC(=O)C(C)(C)C)c1[N+](=O)[O-]. The normalized spacial score (nSPS) is 11.9. The van der Waals surface area contributed by atoms with Gasteiger partial charge in [0.2, 0.25) is 0 Å². The van der Waals surface area contributed by atoms with Gasteiger partial charge < -0.3 is 0 Å². The quantitative estimate of drug-likeness (QED) is 0.620. The van der Waals surface area contributed by atoms with Gasteiger partial charge in [-0.3, -0.25) is 19.6 Å². The highest BCUT2D eigenvalue weighted by Crippen LogP contribution is 2.30. The minimum Gasteiger partial charge on any atom is -0.299 e. The van der Waals surface area contributed by atoms with Crippen molar-refractivity contribution in [3.63, 3.8) is 0 Å². The van der Waals surface area contributed by atoms with Crippen LogP contribution in [0.4, 0.5) is 5.69 Å².